The SMILES string of the molecule is CCN1CCCC1CN=C(N)NCCNS(=O)(=O)CC.I. The van der Waals surface area contributed by atoms with Crippen molar-refractivity contribution in [1.82, 2.24) is 14.9 Å². The molecule has 9 heteroatoms. The number of hydrogen-bond acceptors (Lipinski definition) is 4. The van der Waals surface area contributed by atoms with Crippen molar-refractivity contribution in [2.24, 2.45) is 10.7 Å². The van der Waals surface area contributed by atoms with Crippen LogP contribution in [0.4, 0.5) is 0 Å². The molecule has 0 radical (unpaired) electrons. The summed E-state index contributed by atoms with van der Waals surface area (Å²) in [5.41, 5.74) is 5.76. The summed E-state index contributed by atoms with van der Waals surface area (Å²) in [7, 11) is -3.13. The van der Waals surface area contributed by atoms with Gasteiger partial charge in [0, 0.05) is 19.1 Å². The van der Waals surface area contributed by atoms with Crippen LogP contribution in [0.3, 0.4) is 0 Å². The lowest BCUT2D eigenvalue weighted by atomic mass is 10.2. The Kier molecular flexibility index (Phi) is 10.5. The summed E-state index contributed by atoms with van der Waals surface area (Å²) in [6, 6.07) is 0.485. The first kappa shape index (κ1) is 20.9. The van der Waals surface area contributed by atoms with E-state index in [1.807, 2.05) is 0 Å². The van der Waals surface area contributed by atoms with Gasteiger partial charge in [-0.15, -0.1) is 24.0 Å². The first-order valence-electron chi connectivity index (χ1n) is 7.23. The van der Waals surface area contributed by atoms with E-state index in [4.69, 9.17) is 5.73 Å². The Labute approximate surface area is 145 Å². The highest BCUT2D eigenvalue weighted by molar-refractivity contribution is 14.0. The normalized spacial score (nSPS) is 20.3. The summed E-state index contributed by atoms with van der Waals surface area (Å²) in [6.07, 6.45) is 2.39. The third-order valence-corrected chi connectivity index (χ3v) is 4.91. The number of nitrogens with zero attached hydrogens (tertiary/aromatic N) is 2. The van der Waals surface area contributed by atoms with Crippen molar-refractivity contribution in [1.29, 1.82) is 0 Å². The number of rotatable bonds is 8. The minimum atomic E-state index is -3.13. The van der Waals surface area contributed by atoms with Gasteiger partial charge in [0.15, 0.2) is 5.96 Å². The fraction of sp³-hybridized carbons (Fsp3) is 0.917. The minimum absolute atomic E-state index is 0. The first-order chi connectivity index (χ1) is 9.48. The Hall–Kier alpha value is -0.130. The van der Waals surface area contributed by atoms with E-state index >= 15 is 0 Å². The number of guanidine groups is 1. The summed E-state index contributed by atoms with van der Waals surface area (Å²) in [5, 5.41) is 2.92. The number of nitrogens with one attached hydrogen (secondary N) is 2. The van der Waals surface area contributed by atoms with Gasteiger partial charge >= 0.3 is 0 Å². The second-order valence-electron chi connectivity index (χ2n) is 4.88. The molecule has 1 atom stereocenters. The van der Waals surface area contributed by atoms with Gasteiger partial charge in [0.1, 0.15) is 0 Å². The van der Waals surface area contributed by atoms with E-state index in [0.717, 1.165) is 13.1 Å². The first-order valence-corrected chi connectivity index (χ1v) is 8.89. The fourth-order valence-electron chi connectivity index (χ4n) is 2.28. The minimum Gasteiger partial charge on any atom is -0.370 e. The smallest absolute Gasteiger partial charge is 0.211 e. The van der Waals surface area contributed by atoms with Gasteiger partial charge < -0.3 is 11.1 Å². The predicted octanol–water partition coefficient (Wildman–Crippen LogP) is -0.0677. The Balaban J connectivity index is 0.00000400. The molecule has 1 saturated heterocycles. The highest BCUT2D eigenvalue weighted by Gasteiger charge is 2.22. The maximum atomic E-state index is 11.2. The molecular weight excluding hydrogens is 405 g/mol. The van der Waals surface area contributed by atoms with Crippen molar-refractivity contribution in [2.75, 3.05) is 38.5 Å². The maximum absolute atomic E-state index is 11.2. The Bertz CT molecular complexity index is 416. The summed E-state index contributed by atoms with van der Waals surface area (Å²) in [4.78, 5) is 6.73. The molecule has 1 rings (SSSR count). The second-order valence-corrected chi connectivity index (χ2v) is 6.97. The molecule has 4 N–H and O–H groups in total. The average molecular weight is 433 g/mol. The lowest BCUT2D eigenvalue weighted by Gasteiger charge is -2.20. The maximum Gasteiger partial charge on any atom is 0.211 e. The number of likely N-dealkylation sites (N-methyl/N-ethyl adjacent to an activating group) is 1. The number of sulfonamides is 1. The summed E-state index contributed by atoms with van der Waals surface area (Å²) >= 11 is 0. The molecule has 1 aliphatic rings. The Morgan fingerprint density at radius 1 is 1.38 bits per heavy atom. The van der Waals surface area contributed by atoms with Crippen LogP contribution in [0.25, 0.3) is 0 Å². The summed E-state index contributed by atoms with van der Waals surface area (Å²) in [6.45, 7) is 7.41. The molecule has 1 unspecified atom stereocenters. The second kappa shape index (κ2) is 10.6. The Morgan fingerprint density at radius 3 is 2.71 bits per heavy atom. The average Bonchev–Trinajstić information content (AvgIpc) is 2.89. The molecule has 21 heavy (non-hydrogen) atoms. The molecule has 0 amide bonds. The van der Waals surface area contributed by atoms with E-state index in [9.17, 15) is 8.42 Å². The van der Waals surface area contributed by atoms with Crippen LogP contribution in [-0.2, 0) is 10.0 Å². The van der Waals surface area contributed by atoms with Gasteiger partial charge in [-0.2, -0.15) is 0 Å². The third kappa shape index (κ3) is 8.17. The van der Waals surface area contributed by atoms with E-state index < -0.39 is 10.0 Å². The molecule has 1 fully saturated rings. The molecule has 126 valence electrons. The number of aliphatic imine (C=N–C) groups is 1. The quantitative estimate of drug-likeness (QED) is 0.216. The number of nitrogens with two attached hydrogens (primary N) is 1. The van der Waals surface area contributed by atoms with Gasteiger partial charge in [-0.05, 0) is 32.9 Å². The summed E-state index contributed by atoms with van der Waals surface area (Å²) in [5.74, 6) is 0.467. The van der Waals surface area contributed by atoms with Crippen molar-refractivity contribution in [3.63, 3.8) is 0 Å². The van der Waals surface area contributed by atoms with Gasteiger partial charge in [-0.1, -0.05) is 6.92 Å². The lowest BCUT2D eigenvalue weighted by Crippen LogP contribution is -2.40. The predicted molar refractivity (Wildman–Crippen MR) is 97.6 cm³/mol. The van der Waals surface area contributed by atoms with Crippen LogP contribution >= 0.6 is 24.0 Å². The molecule has 0 aromatic rings. The van der Waals surface area contributed by atoms with E-state index in [-0.39, 0.29) is 29.7 Å². The van der Waals surface area contributed by atoms with E-state index in [2.05, 4.69) is 26.9 Å². The van der Waals surface area contributed by atoms with Crippen LogP contribution < -0.4 is 15.8 Å². The number of halogens is 1. The lowest BCUT2D eigenvalue weighted by molar-refractivity contribution is 0.273. The van der Waals surface area contributed by atoms with Crippen LogP contribution in [0.5, 0.6) is 0 Å². The summed E-state index contributed by atoms with van der Waals surface area (Å²) < 4.78 is 24.9. The number of likely N-dealkylation sites (tertiary alicyclic amines) is 1. The van der Waals surface area contributed by atoms with Crippen LogP contribution in [0.15, 0.2) is 4.99 Å². The van der Waals surface area contributed by atoms with E-state index in [0.29, 0.717) is 31.6 Å². The van der Waals surface area contributed by atoms with Gasteiger partial charge in [0.05, 0.1) is 12.3 Å². The zero-order valence-electron chi connectivity index (χ0n) is 12.8. The van der Waals surface area contributed by atoms with E-state index in [1.54, 1.807) is 6.92 Å². The molecule has 0 bridgehead atoms. The Morgan fingerprint density at radius 2 is 2.10 bits per heavy atom. The van der Waals surface area contributed by atoms with Crippen molar-refractivity contribution in [2.45, 2.75) is 32.7 Å². The van der Waals surface area contributed by atoms with Crippen LogP contribution in [0, 0.1) is 0 Å². The van der Waals surface area contributed by atoms with Gasteiger partial charge in [0.2, 0.25) is 10.0 Å². The molecule has 7 nitrogen and oxygen atoms in total. The van der Waals surface area contributed by atoms with Crippen molar-refractivity contribution >= 4 is 40.0 Å². The van der Waals surface area contributed by atoms with Crippen LogP contribution in [0.2, 0.25) is 0 Å². The molecule has 0 aliphatic carbocycles. The van der Waals surface area contributed by atoms with Gasteiger partial charge in [-0.25, -0.2) is 13.1 Å². The van der Waals surface area contributed by atoms with Gasteiger partial charge in [0.25, 0.3) is 0 Å². The molecular formula is C12H28IN5O2S. The zero-order valence-corrected chi connectivity index (χ0v) is 16.0. The van der Waals surface area contributed by atoms with E-state index in [1.165, 1.54) is 12.8 Å². The third-order valence-electron chi connectivity index (χ3n) is 3.51. The largest absolute Gasteiger partial charge is 0.370 e. The molecule has 0 saturated carbocycles. The molecule has 0 aromatic heterocycles. The molecule has 0 aromatic carbocycles. The molecule has 1 heterocycles. The highest BCUT2D eigenvalue weighted by Crippen LogP contribution is 2.16. The van der Waals surface area contributed by atoms with Crippen molar-refractivity contribution < 1.29 is 8.42 Å². The fourth-order valence-corrected chi connectivity index (χ4v) is 2.89. The van der Waals surface area contributed by atoms with Gasteiger partial charge in [-0.3, -0.25) is 9.89 Å². The van der Waals surface area contributed by atoms with Crippen LogP contribution in [0.1, 0.15) is 26.7 Å². The zero-order chi connectivity index (χ0) is 15.0. The highest BCUT2D eigenvalue weighted by atomic mass is 127. The van der Waals surface area contributed by atoms with Crippen molar-refractivity contribution in [3.05, 3.63) is 0 Å². The standard InChI is InChI=1S/C12H27N5O2S.HI/c1-3-17-9-5-6-11(17)10-15-12(13)14-7-8-16-20(18,19)4-2;/h11,16H,3-10H2,1-2H3,(H3,13,14,15);1H. The van der Waals surface area contributed by atoms with Crippen LogP contribution in [-0.4, -0.2) is 63.8 Å². The number of hydrogen-bond donors (Lipinski definition) is 3. The van der Waals surface area contributed by atoms with Crippen molar-refractivity contribution in [3.8, 4) is 0 Å². The topological polar surface area (TPSA) is 99.8 Å². The molecule has 0 spiro atoms. The monoisotopic (exact) mass is 433 g/mol. The molecule has 1 aliphatic heterocycles.